The fraction of sp³-hybridized carbons (Fsp3) is 0.375. The Balaban J connectivity index is 1.61. The molecule has 4 aromatic rings. The number of anilines is 2. The monoisotopic (exact) mass is 603 g/mol. The van der Waals surface area contributed by atoms with E-state index >= 15 is 8.78 Å². The van der Waals surface area contributed by atoms with Crippen LogP contribution in [0.15, 0.2) is 54.0 Å². The molecule has 2 bridgehead atoms. The van der Waals surface area contributed by atoms with E-state index in [0.717, 1.165) is 0 Å². The lowest BCUT2D eigenvalue weighted by atomic mass is 10.0. The van der Waals surface area contributed by atoms with Crippen LogP contribution in [0.25, 0.3) is 28.0 Å². The van der Waals surface area contributed by atoms with Crippen molar-refractivity contribution < 1.29 is 18.3 Å². The van der Waals surface area contributed by atoms with E-state index in [1.807, 2.05) is 25.7 Å². The number of ether oxygens (including phenoxy) is 2. The number of pyridine rings is 2. The van der Waals surface area contributed by atoms with Gasteiger partial charge in [-0.05, 0) is 31.0 Å². The second-order valence-electron chi connectivity index (χ2n) is 11.3. The summed E-state index contributed by atoms with van der Waals surface area (Å²) in [7, 11) is 0. The van der Waals surface area contributed by atoms with Crippen molar-refractivity contribution in [2.45, 2.75) is 32.7 Å². The van der Waals surface area contributed by atoms with Crippen molar-refractivity contribution in [3.8, 4) is 22.7 Å². The van der Waals surface area contributed by atoms with Gasteiger partial charge in [-0.3, -0.25) is 9.88 Å². The Morgan fingerprint density at radius 3 is 2.82 bits per heavy atom. The lowest BCUT2D eigenvalue weighted by Gasteiger charge is -2.40. The summed E-state index contributed by atoms with van der Waals surface area (Å²) in [6, 6.07) is 7.37. The lowest BCUT2D eigenvalue weighted by molar-refractivity contribution is 0.0338. The highest BCUT2D eigenvalue weighted by atomic mass is 19.1. The predicted octanol–water partition coefficient (Wildman–Crippen LogP) is 4.72. The third kappa shape index (κ3) is 5.39. The average molecular weight is 604 g/mol. The smallest absolute Gasteiger partial charge is 0.356 e. The highest BCUT2D eigenvalue weighted by Crippen LogP contribution is 2.38. The van der Waals surface area contributed by atoms with E-state index in [4.69, 9.17) is 14.5 Å². The SMILES string of the molecule is C=CCOCN1CCN(c2nc(=O)n3c4nc(c(F)cc24)-c2c(F)cccc2NCCOc2ccnc(C(C)C)c2-3)[C@@H](C)C1. The predicted molar refractivity (Wildman–Crippen MR) is 166 cm³/mol. The Kier molecular flexibility index (Phi) is 8.28. The third-order valence-corrected chi connectivity index (χ3v) is 7.91. The molecule has 1 aromatic carbocycles. The largest absolute Gasteiger partial charge is 0.489 e. The minimum Gasteiger partial charge on any atom is -0.489 e. The summed E-state index contributed by atoms with van der Waals surface area (Å²) in [5, 5.41) is 3.48. The number of hydrogen-bond donors (Lipinski definition) is 1. The summed E-state index contributed by atoms with van der Waals surface area (Å²) in [4.78, 5) is 32.1. The molecule has 6 rings (SSSR count). The minimum absolute atomic E-state index is 0.0261. The average Bonchev–Trinajstić information content (AvgIpc) is 2.99. The molecule has 1 fully saturated rings. The Morgan fingerprint density at radius 2 is 2.05 bits per heavy atom. The molecule has 1 atom stereocenters. The quantitative estimate of drug-likeness (QED) is 0.248. The fourth-order valence-corrected chi connectivity index (χ4v) is 5.91. The summed E-state index contributed by atoms with van der Waals surface area (Å²) in [6.45, 7) is 12.8. The first kappa shape index (κ1) is 29.6. The molecule has 2 aliphatic rings. The molecular formula is C32H35F2N7O3. The number of hydrogen-bond acceptors (Lipinski definition) is 9. The van der Waals surface area contributed by atoms with Crippen molar-refractivity contribution in [3.63, 3.8) is 0 Å². The second-order valence-corrected chi connectivity index (χ2v) is 11.3. The first-order valence-corrected chi connectivity index (χ1v) is 14.7. The van der Waals surface area contributed by atoms with Crippen LogP contribution in [0.2, 0.25) is 0 Å². The van der Waals surface area contributed by atoms with Gasteiger partial charge in [-0.1, -0.05) is 26.0 Å². The first-order valence-electron chi connectivity index (χ1n) is 14.7. The topological polar surface area (TPSA) is 97.6 Å². The highest BCUT2D eigenvalue weighted by molar-refractivity contribution is 5.92. The molecular weight excluding hydrogens is 568 g/mol. The van der Waals surface area contributed by atoms with Crippen molar-refractivity contribution in [1.82, 2.24) is 24.4 Å². The maximum absolute atomic E-state index is 16.2. The zero-order valence-electron chi connectivity index (χ0n) is 25.0. The number of nitrogens with zero attached hydrogens (tertiary/aromatic N) is 6. The minimum atomic E-state index is -0.730. The van der Waals surface area contributed by atoms with Crippen LogP contribution in [-0.2, 0) is 4.74 Å². The van der Waals surface area contributed by atoms with Crippen LogP contribution in [0.3, 0.4) is 0 Å². The van der Waals surface area contributed by atoms with Crippen molar-refractivity contribution in [2.75, 3.05) is 56.3 Å². The molecule has 1 N–H and O–H groups in total. The molecule has 230 valence electrons. The summed E-state index contributed by atoms with van der Waals surface area (Å²) in [6.07, 6.45) is 3.33. The maximum atomic E-state index is 16.2. The van der Waals surface area contributed by atoms with Gasteiger partial charge in [-0.15, -0.1) is 6.58 Å². The van der Waals surface area contributed by atoms with Gasteiger partial charge in [-0.25, -0.2) is 23.1 Å². The van der Waals surface area contributed by atoms with Crippen LogP contribution < -0.4 is 20.6 Å². The van der Waals surface area contributed by atoms with Gasteiger partial charge in [0.2, 0.25) is 0 Å². The van der Waals surface area contributed by atoms with E-state index in [1.54, 1.807) is 30.5 Å². The summed E-state index contributed by atoms with van der Waals surface area (Å²) in [5.74, 6) is -0.745. The molecule has 0 spiro atoms. The van der Waals surface area contributed by atoms with Crippen LogP contribution >= 0.6 is 0 Å². The Labute approximate surface area is 254 Å². The molecule has 44 heavy (non-hydrogen) atoms. The van der Waals surface area contributed by atoms with E-state index in [9.17, 15) is 4.79 Å². The van der Waals surface area contributed by atoms with Crippen molar-refractivity contribution in [2.24, 2.45) is 0 Å². The summed E-state index contributed by atoms with van der Waals surface area (Å²) < 4.78 is 44.7. The Bertz CT molecular complexity index is 1780. The van der Waals surface area contributed by atoms with Crippen molar-refractivity contribution in [3.05, 3.63) is 77.0 Å². The van der Waals surface area contributed by atoms with E-state index < -0.39 is 17.3 Å². The van der Waals surface area contributed by atoms with Crippen LogP contribution in [0, 0.1) is 11.6 Å². The van der Waals surface area contributed by atoms with Crippen LogP contribution in [0.5, 0.6) is 5.75 Å². The van der Waals surface area contributed by atoms with Crippen LogP contribution in [-0.4, -0.2) is 76.6 Å². The third-order valence-electron chi connectivity index (χ3n) is 7.91. The molecule has 0 unspecified atom stereocenters. The molecule has 3 aromatic heterocycles. The zero-order chi connectivity index (χ0) is 31.0. The van der Waals surface area contributed by atoms with Gasteiger partial charge in [0.15, 0.2) is 11.5 Å². The molecule has 12 heteroatoms. The van der Waals surface area contributed by atoms with Crippen molar-refractivity contribution >= 4 is 22.5 Å². The van der Waals surface area contributed by atoms with E-state index in [-0.39, 0.29) is 35.5 Å². The van der Waals surface area contributed by atoms with Crippen LogP contribution in [0.4, 0.5) is 20.3 Å². The molecule has 10 nitrogen and oxygen atoms in total. The lowest BCUT2D eigenvalue weighted by Crippen LogP contribution is -2.53. The molecule has 0 aliphatic carbocycles. The number of piperazine rings is 1. The van der Waals surface area contributed by atoms with E-state index in [2.05, 4.69) is 26.8 Å². The first-order chi connectivity index (χ1) is 21.3. The van der Waals surface area contributed by atoms with Gasteiger partial charge in [0.25, 0.3) is 0 Å². The summed E-state index contributed by atoms with van der Waals surface area (Å²) in [5.41, 5.74) is 0.615. The van der Waals surface area contributed by atoms with Gasteiger partial charge in [0, 0.05) is 50.2 Å². The zero-order valence-corrected chi connectivity index (χ0v) is 25.0. The fourth-order valence-electron chi connectivity index (χ4n) is 5.91. The molecule has 1 saturated heterocycles. The number of halogens is 2. The van der Waals surface area contributed by atoms with Gasteiger partial charge in [0.1, 0.15) is 35.4 Å². The highest BCUT2D eigenvalue weighted by Gasteiger charge is 2.31. The molecule has 5 heterocycles. The second kappa shape index (κ2) is 12.3. The van der Waals surface area contributed by atoms with Gasteiger partial charge in [0.05, 0.1) is 30.0 Å². The summed E-state index contributed by atoms with van der Waals surface area (Å²) >= 11 is 0. The standard InChI is InChI=1S/C32H35F2N7O3/c1-5-14-43-18-39-12-13-40(20(4)17-39)30-21-16-23(34)28-26-22(33)7-6-8-24(26)35-11-15-44-25-9-10-36-27(19(2)3)29(25)41(31(21)37-28)32(42)38-30/h5-10,16,19-20,35H,1,11-15,17-18H2,2-4H3/t20-/m0/s1. The van der Waals surface area contributed by atoms with Crippen molar-refractivity contribution in [1.29, 1.82) is 0 Å². The van der Waals surface area contributed by atoms with E-state index in [1.165, 1.54) is 16.7 Å². The number of rotatable bonds is 6. The number of fused-ring (bicyclic) bond motifs is 5. The normalized spacial score (nSPS) is 17.0. The maximum Gasteiger partial charge on any atom is 0.356 e. The van der Waals surface area contributed by atoms with Gasteiger partial charge in [-0.2, -0.15) is 4.98 Å². The number of benzene rings is 1. The Hall–Kier alpha value is -4.42. The molecule has 2 aliphatic heterocycles. The molecule has 0 radical (unpaired) electrons. The van der Waals surface area contributed by atoms with Gasteiger partial charge < -0.3 is 19.7 Å². The molecule has 0 amide bonds. The van der Waals surface area contributed by atoms with E-state index in [0.29, 0.717) is 73.5 Å². The number of aromatic nitrogens is 4. The number of nitrogens with one attached hydrogen (secondary N) is 1. The van der Waals surface area contributed by atoms with Crippen LogP contribution in [0.1, 0.15) is 32.4 Å². The van der Waals surface area contributed by atoms with Gasteiger partial charge >= 0.3 is 5.69 Å². The molecule has 0 saturated carbocycles. The Morgan fingerprint density at radius 1 is 1.20 bits per heavy atom.